The Morgan fingerprint density at radius 2 is 2.06 bits per heavy atom. The molecule has 4 heteroatoms. The van der Waals surface area contributed by atoms with Crippen LogP contribution in [-0.2, 0) is 6.54 Å². The molecule has 0 aliphatic heterocycles. The largest absolute Gasteiger partial charge is 0.308 e. The number of alkyl halides is 1. The van der Waals surface area contributed by atoms with Gasteiger partial charge in [0, 0.05) is 30.7 Å². The minimum Gasteiger partial charge on any atom is -0.308 e. The summed E-state index contributed by atoms with van der Waals surface area (Å²) in [4.78, 5) is 0. The Kier molecular flexibility index (Phi) is 5.29. The summed E-state index contributed by atoms with van der Waals surface area (Å²) in [7, 11) is 0. The summed E-state index contributed by atoms with van der Waals surface area (Å²) in [5, 5.41) is 7.93. The van der Waals surface area contributed by atoms with Crippen molar-refractivity contribution in [2.75, 3.05) is 5.88 Å². The molecule has 1 N–H and O–H groups in total. The van der Waals surface area contributed by atoms with Crippen molar-refractivity contribution in [3.63, 3.8) is 0 Å². The highest BCUT2D eigenvalue weighted by atomic mass is 35.5. The van der Waals surface area contributed by atoms with E-state index in [1.807, 2.05) is 10.9 Å². The minimum atomic E-state index is 0.418. The summed E-state index contributed by atoms with van der Waals surface area (Å²) in [6, 6.07) is 2.90. The second-order valence-corrected chi connectivity index (χ2v) is 4.99. The van der Waals surface area contributed by atoms with Gasteiger partial charge in [-0.3, -0.25) is 4.68 Å². The van der Waals surface area contributed by atoms with Gasteiger partial charge in [-0.2, -0.15) is 5.10 Å². The lowest BCUT2D eigenvalue weighted by Gasteiger charge is -2.18. The molecular weight excluding hydrogens is 222 g/mol. The van der Waals surface area contributed by atoms with Gasteiger partial charge >= 0.3 is 0 Å². The van der Waals surface area contributed by atoms with Gasteiger partial charge in [0.25, 0.3) is 0 Å². The van der Waals surface area contributed by atoms with Crippen LogP contribution in [0.3, 0.4) is 0 Å². The van der Waals surface area contributed by atoms with Crippen LogP contribution in [0.4, 0.5) is 0 Å². The second kappa shape index (κ2) is 6.26. The normalized spacial score (nSPS) is 15.4. The van der Waals surface area contributed by atoms with E-state index in [1.54, 1.807) is 0 Å². The van der Waals surface area contributed by atoms with Crippen LogP contribution in [0.15, 0.2) is 12.3 Å². The lowest BCUT2D eigenvalue weighted by Crippen LogP contribution is -2.32. The van der Waals surface area contributed by atoms with Crippen LogP contribution >= 0.6 is 11.6 Å². The number of hydrogen-bond acceptors (Lipinski definition) is 2. The molecule has 3 nitrogen and oxygen atoms in total. The molecule has 0 aliphatic carbocycles. The molecule has 0 bridgehead atoms. The molecule has 2 unspecified atom stereocenters. The third-order valence-electron chi connectivity index (χ3n) is 2.89. The first-order chi connectivity index (χ1) is 7.54. The molecule has 1 aromatic rings. The number of rotatable bonds is 6. The molecular formula is C12H22ClN3. The molecule has 1 rings (SSSR count). The molecule has 0 radical (unpaired) electrons. The van der Waals surface area contributed by atoms with E-state index in [0.29, 0.717) is 23.9 Å². The minimum absolute atomic E-state index is 0.418. The third-order valence-corrected chi connectivity index (χ3v) is 3.38. The SMILES string of the molecule is CC(CCl)C(C)NCc1ccn(C(C)C)n1. The summed E-state index contributed by atoms with van der Waals surface area (Å²) in [5.74, 6) is 1.17. The van der Waals surface area contributed by atoms with Crippen molar-refractivity contribution in [3.05, 3.63) is 18.0 Å². The summed E-state index contributed by atoms with van der Waals surface area (Å²) in [6.45, 7) is 9.37. The van der Waals surface area contributed by atoms with Crippen LogP contribution in [0.1, 0.15) is 39.4 Å². The van der Waals surface area contributed by atoms with Crippen molar-refractivity contribution >= 4 is 11.6 Å². The van der Waals surface area contributed by atoms with Gasteiger partial charge in [-0.05, 0) is 32.8 Å². The topological polar surface area (TPSA) is 29.9 Å². The fourth-order valence-electron chi connectivity index (χ4n) is 1.36. The summed E-state index contributed by atoms with van der Waals surface area (Å²) < 4.78 is 1.98. The number of hydrogen-bond donors (Lipinski definition) is 1. The fourth-order valence-corrected chi connectivity index (χ4v) is 1.63. The molecule has 0 saturated carbocycles. The molecule has 0 amide bonds. The maximum absolute atomic E-state index is 5.81. The first-order valence-electron chi connectivity index (χ1n) is 5.88. The van der Waals surface area contributed by atoms with Crippen molar-refractivity contribution in [2.24, 2.45) is 5.92 Å². The molecule has 0 aliphatic rings. The van der Waals surface area contributed by atoms with Crippen LogP contribution < -0.4 is 5.32 Å². The highest BCUT2D eigenvalue weighted by molar-refractivity contribution is 6.18. The first-order valence-corrected chi connectivity index (χ1v) is 6.41. The Hall–Kier alpha value is -0.540. The zero-order chi connectivity index (χ0) is 12.1. The molecule has 0 fully saturated rings. The Labute approximate surface area is 103 Å². The van der Waals surface area contributed by atoms with Gasteiger partial charge in [-0.25, -0.2) is 0 Å². The zero-order valence-electron chi connectivity index (χ0n) is 10.6. The zero-order valence-corrected chi connectivity index (χ0v) is 11.3. The third kappa shape index (κ3) is 3.80. The molecule has 2 atom stereocenters. The van der Waals surface area contributed by atoms with Gasteiger partial charge in [0.05, 0.1) is 5.69 Å². The summed E-state index contributed by atoms with van der Waals surface area (Å²) >= 11 is 5.81. The average molecular weight is 244 g/mol. The molecule has 16 heavy (non-hydrogen) atoms. The molecule has 0 saturated heterocycles. The predicted octanol–water partition coefficient (Wildman–Crippen LogP) is 2.82. The van der Waals surface area contributed by atoms with Gasteiger partial charge < -0.3 is 5.32 Å². The first kappa shape index (κ1) is 13.5. The fraction of sp³-hybridized carbons (Fsp3) is 0.750. The van der Waals surface area contributed by atoms with Crippen LogP contribution in [0, 0.1) is 5.92 Å². The Balaban J connectivity index is 2.42. The number of halogens is 1. The maximum Gasteiger partial charge on any atom is 0.0762 e. The van der Waals surface area contributed by atoms with Gasteiger partial charge in [0.15, 0.2) is 0 Å². The Morgan fingerprint density at radius 3 is 2.56 bits per heavy atom. The smallest absolute Gasteiger partial charge is 0.0762 e. The van der Waals surface area contributed by atoms with E-state index in [1.165, 1.54) is 0 Å². The van der Waals surface area contributed by atoms with Crippen molar-refractivity contribution in [3.8, 4) is 0 Å². The summed E-state index contributed by atoms with van der Waals surface area (Å²) in [5.41, 5.74) is 1.09. The van der Waals surface area contributed by atoms with E-state index in [9.17, 15) is 0 Å². The number of aromatic nitrogens is 2. The highest BCUT2D eigenvalue weighted by Gasteiger charge is 2.10. The van der Waals surface area contributed by atoms with Gasteiger partial charge in [0.1, 0.15) is 0 Å². The van der Waals surface area contributed by atoms with E-state index >= 15 is 0 Å². The maximum atomic E-state index is 5.81. The van der Waals surface area contributed by atoms with E-state index in [-0.39, 0.29) is 0 Å². The Morgan fingerprint density at radius 1 is 1.38 bits per heavy atom. The monoisotopic (exact) mass is 243 g/mol. The van der Waals surface area contributed by atoms with Crippen molar-refractivity contribution in [1.29, 1.82) is 0 Å². The molecule has 0 spiro atoms. The van der Waals surface area contributed by atoms with Crippen LogP contribution in [0.2, 0.25) is 0 Å². The van der Waals surface area contributed by atoms with Gasteiger partial charge in [-0.15, -0.1) is 11.6 Å². The quantitative estimate of drug-likeness (QED) is 0.779. The van der Waals surface area contributed by atoms with Crippen molar-refractivity contribution in [2.45, 2.75) is 46.3 Å². The van der Waals surface area contributed by atoms with Crippen molar-refractivity contribution < 1.29 is 0 Å². The van der Waals surface area contributed by atoms with Gasteiger partial charge in [-0.1, -0.05) is 6.92 Å². The van der Waals surface area contributed by atoms with E-state index in [0.717, 1.165) is 12.2 Å². The van der Waals surface area contributed by atoms with Crippen LogP contribution in [-0.4, -0.2) is 21.7 Å². The lowest BCUT2D eigenvalue weighted by molar-refractivity contribution is 0.424. The van der Waals surface area contributed by atoms with E-state index in [2.05, 4.69) is 44.2 Å². The van der Waals surface area contributed by atoms with Gasteiger partial charge in [0.2, 0.25) is 0 Å². The molecule has 1 heterocycles. The molecule has 0 aromatic carbocycles. The average Bonchev–Trinajstić information content (AvgIpc) is 2.73. The Bertz CT molecular complexity index is 309. The van der Waals surface area contributed by atoms with Crippen LogP contribution in [0.5, 0.6) is 0 Å². The predicted molar refractivity (Wildman–Crippen MR) is 68.8 cm³/mol. The van der Waals surface area contributed by atoms with Crippen molar-refractivity contribution in [1.82, 2.24) is 15.1 Å². The highest BCUT2D eigenvalue weighted by Crippen LogP contribution is 2.07. The molecule has 92 valence electrons. The molecule has 1 aromatic heterocycles. The lowest BCUT2D eigenvalue weighted by atomic mass is 10.1. The number of nitrogens with one attached hydrogen (secondary N) is 1. The standard InChI is InChI=1S/C12H22ClN3/c1-9(2)16-6-5-12(15-16)8-14-11(4)10(3)7-13/h5-6,9-11,14H,7-8H2,1-4H3. The summed E-state index contributed by atoms with van der Waals surface area (Å²) in [6.07, 6.45) is 2.03. The van der Waals surface area contributed by atoms with E-state index in [4.69, 9.17) is 11.6 Å². The second-order valence-electron chi connectivity index (χ2n) is 4.68. The van der Waals surface area contributed by atoms with Crippen LogP contribution in [0.25, 0.3) is 0 Å². The van der Waals surface area contributed by atoms with E-state index < -0.39 is 0 Å². The number of nitrogens with zero attached hydrogens (tertiary/aromatic N) is 2.